The second-order valence-electron chi connectivity index (χ2n) is 5.44. The van der Waals surface area contributed by atoms with Crippen LogP contribution in [0.15, 0.2) is 40.9 Å². The van der Waals surface area contributed by atoms with Crippen LogP contribution in [0.25, 0.3) is 15.7 Å². The molecule has 5 heteroatoms. The van der Waals surface area contributed by atoms with Gasteiger partial charge in [-0.2, -0.15) is 10.4 Å². The number of benzene rings is 1. The average Bonchev–Trinajstić information content (AvgIpc) is 2.87. The molecule has 2 heterocycles. The molecule has 0 amide bonds. The zero-order chi connectivity index (χ0) is 15.9. The Bertz CT molecular complexity index is 879. The molecule has 2 N–H and O–H groups in total. The van der Waals surface area contributed by atoms with E-state index >= 15 is 0 Å². The van der Waals surface area contributed by atoms with E-state index in [0.717, 1.165) is 33.6 Å². The highest BCUT2D eigenvalue weighted by Crippen LogP contribution is 2.39. The second-order valence-corrected chi connectivity index (χ2v) is 5.44. The molecule has 0 fully saturated rings. The third-order valence-electron chi connectivity index (χ3n) is 4.08. The van der Waals surface area contributed by atoms with E-state index in [4.69, 9.17) is 6.57 Å². The first-order valence-corrected chi connectivity index (χ1v) is 6.97. The third-order valence-corrected chi connectivity index (χ3v) is 4.08. The van der Waals surface area contributed by atoms with E-state index in [1.165, 1.54) is 0 Å². The molecule has 1 aromatic carbocycles. The molecule has 2 aromatic rings. The van der Waals surface area contributed by atoms with Gasteiger partial charge in [0.05, 0.1) is 35.3 Å². The molecule has 1 atom stereocenters. The fraction of sp³-hybridized carbons (Fsp3) is 0.235. The van der Waals surface area contributed by atoms with Crippen molar-refractivity contribution in [2.75, 3.05) is 0 Å². The summed E-state index contributed by atoms with van der Waals surface area (Å²) < 4.78 is 0. The molecule has 1 aliphatic rings. The van der Waals surface area contributed by atoms with Crippen molar-refractivity contribution in [2.45, 2.75) is 26.7 Å². The van der Waals surface area contributed by atoms with Gasteiger partial charge in [-0.15, -0.1) is 0 Å². The number of rotatable bonds is 1. The minimum atomic E-state index is -0.317. The zero-order valence-corrected chi connectivity index (χ0v) is 12.7. The van der Waals surface area contributed by atoms with Gasteiger partial charge < -0.3 is 5.32 Å². The first-order valence-electron chi connectivity index (χ1n) is 6.97. The van der Waals surface area contributed by atoms with Crippen LogP contribution in [0.3, 0.4) is 0 Å². The van der Waals surface area contributed by atoms with Crippen LogP contribution in [-0.2, 0) is 0 Å². The second kappa shape index (κ2) is 5.05. The van der Waals surface area contributed by atoms with E-state index < -0.39 is 0 Å². The summed E-state index contributed by atoms with van der Waals surface area (Å²) in [6.45, 7) is 13.2. The molecule has 0 aliphatic carbocycles. The van der Waals surface area contributed by atoms with Gasteiger partial charge in [0.15, 0.2) is 5.70 Å². The Morgan fingerprint density at radius 2 is 2.05 bits per heavy atom. The number of aryl methyl sites for hydroxylation is 1. The van der Waals surface area contributed by atoms with Crippen LogP contribution in [0, 0.1) is 24.8 Å². The van der Waals surface area contributed by atoms with Gasteiger partial charge in [-0.1, -0.05) is 6.07 Å². The predicted octanol–water partition coefficient (Wildman–Crippen LogP) is 3.51. The number of hydrogen-bond donors (Lipinski definition) is 2. The van der Waals surface area contributed by atoms with E-state index in [0.29, 0.717) is 11.3 Å². The molecule has 108 valence electrons. The first-order chi connectivity index (χ1) is 10.6. The number of nitrogens with one attached hydrogen (secondary N) is 2. The minimum absolute atomic E-state index is 0.317. The number of dihydropyridines is 1. The Hall–Kier alpha value is -3.05. The van der Waals surface area contributed by atoms with Crippen LogP contribution < -0.4 is 5.32 Å². The average molecular weight is 289 g/mol. The maximum Gasteiger partial charge on any atom is 0.196 e. The standard InChI is InChI=1S/C17H15N5/c1-9-14(8-18)16(17(19-4)11(3)20-9)12-5-6-15-13(7-12)10(2)21-22-15/h5-7,16,20H,1-3H3,(H,21,22). The number of fused-ring (bicyclic) bond motifs is 1. The van der Waals surface area contributed by atoms with E-state index in [1.54, 1.807) is 0 Å². The van der Waals surface area contributed by atoms with Crippen LogP contribution in [0.4, 0.5) is 0 Å². The Kier molecular flexibility index (Phi) is 3.19. The van der Waals surface area contributed by atoms with Gasteiger partial charge in [-0.05, 0) is 38.5 Å². The minimum Gasteiger partial charge on any atom is -0.372 e. The van der Waals surface area contributed by atoms with Gasteiger partial charge in [-0.3, -0.25) is 5.10 Å². The fourth-order valence-corrected chi connectivity index (χ4v) is 2.95. The summed E-state index contributed by atoms with van der Waals surface area (Å²) in [4.78, 5) is 3.67. The van der Waals surface area contributed by atoms with Crippen molar-refractivity contribution in [3.05, 3.63) is 63.5 Å². The monoisotopic (exact) mass is 289 g/mol. The molecule has 1 aliphatic heterocycles. The van der Waals surface area contributed by atoms with Crippen LogP contribution >= 0.6 is 0 Å². The quantitative estimate of drug-likeness (QED) is 0.789. The molecule has 1 aromatic heterocycles. The van der Waals surface area contributed by atoms with Crippen molar-refractivity contribution in [3.63, 3.8) is 0 Å². The molecule has 0 bridgehead atoms. The molecular weight excluding hydrogens is 274 g/mol. The van der Waals surface area contributed by atoms with Gasteiger partial charge in [0, 0.05) is 16.8 Å². The van der Waals surface area contributed by atoms with Crippen molar-refractivity contribution >= 4 is 10.9 Å². The number of H-pyrrole nitrogens is 1. The molecule has 0 saturated carbocycles. The summed E-state index contributed by atoms with van der Waals surface area (Å²) in [5.74, 6) is -0.317. The molecule has 0 spiro atoms. The predicted molar refractivity (Wildman–Crippen MR) is 84.3 cm³/mol. The Labute approximate surface area is 128 Å². The van der Waals surface area contributed by atoms with Gasteiger partial charge >= 0.3 is 0 Å². The number of nitriles is 1. The van der Waals surface area contributed by atoms with E-state index in [2.05, 4.69) is 26.4 Å². The van der Waals surface area contributed by atoms with Crippen LogP contribution in [0.5, 0.6) is 0 Å². The highest BCUT2D eigenvalue weighted by Gasteiger charge is 2.30. The SMILES string of the molecule is [C-]#[N+]C1=C(C)NC(C)=C(C#N)C1c1ccc2[nH]nc(C)c2c1. The molecule has 0 radical (unpaired) electrons. The summed E-state index contributed by atoms with van der Waals surface area (Å²) in [7, 11) is 0. The van der Waals surface area contributed by atoms with Crippen molar-refractivity contribution in [1.82, 2.24) is 15.5 Å². The third kappa shape index (κ3) is 1.96. The van der Waals surface area contributed by atoms with Gasteiger partial charge in [0.1, 0.15) is 0 Å². The topological polar surface area (TPSA) is 68.9 Å². The van der Waals surface area contributed by atoms with Gasteiger partial charge in [0.25, 0.3) is 0 Å². The smallest absolute Gasteiger partial charge is 0.196 e. The van der Waals surface area contributed by atoms with E-state index in [-0.39, 0.29) is 5.92 Å². The van der Waals surface area contributed by atoms with Gasteiger partial charge in [0.2, 0.25) is 0 Å². The lowest BCUT2D eigenvalue weighted by Crippen LogP contribution is -2.22. The fourth-order valence-electron chi connectivity index (χ4n) is 2.95. The molecule has 5 nitrogen and oxygen atoms in total. The van der Waals surface area contributed by atoms with Crippen LogP contribution in [0.2, 0.25) is 0 Å². The lowest BCUT2D eigenvalue weighted by molar-refractivity contribution is 0.810. The summed E-state index contributed by atoms with van der Waals surface area (Å²) in [5, 5.41) is 20.9. The number of hydrogen-bond acceptors (Lipinski definition) is 3. The van der Waals surface area contributed by atoms with Crippen molar-refractivity contribution in [3.8, 4) is 6.07 Å². The molecular formula is C17H15N5. The molecule has 0 saturated heterocycles. The number of allylic oxidation sites excluding steroid dienone is 3. The lowest BCUT2D eigenvalue weighted by Gasteiger charge is -2.26. The largest absolute Gasteiger partial charge is 0.372 e. The van der Waals surface area contributed by atoms with Gasteiger partial charge in [-0.25, -0.2) is 4.85 Å². The Morgan fingerprint density at radius 1 is 1.27 bits per heavy atom. The summed E-state index contributed by atoms with van der Waals surface area (Å²) in [6.07, 6.45) is 0. The summed E-state index contributed by atoms with van der Waals surface area (Å²) in [5.41, 5.74) is 5.59. The van der Waals surface area contributed by atoms with Crippen LogP contribution in [0.1, 0.15) is 31.0 Å². The zero-order valence-electron chi connectivity index (χ0n) is 12.7. The Balaban J connectivity index is 2.25. The Morgan fingerprint density at radius 3 is 2.73 bits per heavy atom. The maximum atomic E-state index is 9.53. The first kappa shape index (κ1) is 13.9. The highest BCUT2D eigenvalue weighted by molar-refractivity contribution is 5.82. The lowest BCUT2D eigenvalue weighted by atomic mass is 9.84. The van der Waals surface area contributed by atoms with Crippen molar-refractivity contribution in [1.29, 1.82) is 5.26 Å². The summed E-state index contributed by atoms with van der Waals surface area (Å²) in [6, 6.07) is 8.19. The maximum absolute atomic E-state index is 9.53. The van der Waals surface area contributed by atoms with E-state index in [9.17, 15) is 5.26 Å². The van der Waals surface area contributed by atoms with Crippen molar-refractivity contribution in [2.24, 2.45) is 0 Å². The normalized spacial score (nSPS) is 18.1. The number of aromatic amines is 1. The van der Waals surface area contributed by atoms with Crippen molar-refractivity contribution < 1.29 is 0 Å². The highest BCUT2D eigenvalue weighted by atomic mass is 15.1. The molecule has 3 rings (SSSR count). The molecule has 22 heavy (non-hydrogen) atoms. The molecule has 1 unspecified atom stereocenters. The van der Waals surface area contributed by atoms with Crippen LogP contribution in [-0.4, -0.2) is 10.2 Å². The van der Waals surface area contributed by atoms with E-state index in [1.807, 2.05) is 39.0 Å². The summed E-state index contributed by atoms with van der Waals surface area (Å²) >= 11 is 0. The number of nitrogens with zero attached hydrogens (tertiary/aromatic N) is 3. The number of aromatic nitrogens is 2.